The van der Waals surface area contributed by atoms with Gasteiger partial charge in [0.05, 0.1) is 32.0 Å². The van der Waals surface area contributed by atoms with Crippen LogP contribution in [0.1, 0.15) is 53.9 Å². The Morgan fingerprint density at radius 1 is 0.913 bits per heavy atom. The minimum Gasteiger partial charge on any atom is -0.466 e. The molecule has 0 aliphatic carbocycles. The number of Topliss-reactive ketones (excluding diaryl/α,β-unsaturated/α-hetero) is 1. The molecule has 0 aromatic heterocycles. The highest BCUT2D eigenvalue weighted by atomic mass is 16.6. The molecule has 132 valence electrons. The number of hydrogen-bond acceptors (Lipinski definition) is 7. The lowest BCUT2D eigenvalue weighted by Gasteiger charge is -2.25. The van der Waals surface area contributed by atoms with Gasteiger partial charge in [0.15, 0.2) is 0 Å². The second-order valence-corrected chi connectivity index (χ2v) is 5.77. The molecule has 0 fully saturated rings. The highest BCUT2D eigenvalue weighted by molar-refractivity contribution is 5.84. The first-order valence-corrected chi connectivity index (χ1v) is 7.64. The van der Waals surface area contributed by atoms with E-state index in [1.165, 1.54) is 6.92 Å². The minimum absolute atomic E-state index is 0.0701. The van der Waals surface area contributed by atoms with Crippen LogP contribution in [0.2, 0.25) is 0 Å². The molecule has 0 aliphatic rings. The summed E-state index contributed by atoms with van der Waals surface area (Å²) in [5.74, 6) is -2.98. The SMILES string of the molecule is CCOC(=O)CC(CC(=O)OC(C)(C)CC(C)=O)C(=O)OCC. The van der Waals surface area contributed by atoms with Crippen LogP contribution >= 0.6 is 0 Å². The molecule has 0 saturated heterocycles. The Morgan fingerprint density at radius 3 is 1.91 bits per heavy atom. The van der Waals surface area contributed by atoms with Gasteiger partial charge >= 0.3 is 17.9 Å². The summed E-state index contributed by atoms with van der Waals surface area (Å²) >= 11 is 0. The van der Waals surface area contributed by atoms with Crippen LogP contribution < -0.4 is 0 Å². The van der Waals surface area contributed by atoms with Gasteiger partial charge in [-0.15, -0.1) is 0 Å². The van der Waals surface area contributed by atoms with E-state index in [0.717, 1.165) is 0 Å². The third kappa shape index (κ3) is 9.65. The quantitative estimate of drug-likeness (QED) is 0.445. The van der Waals surface area contributed by atoms with Crippen molar-refractivity contribution in [3.8, 4) is 0 Å². The summed E-state index contributed by atoms with van der Waals surface area (Å²) in [6.45, 7) is 8.22. The van der Waals surface area contributed by atoms with E-state index in [1.807, 2.05) is 0 Å². The topological polar surface area (TPSA) is 96.0 Å². The Kier molecular flexibility index (Phi) is 9.14. The molecule has 0 heterocycles. The van der Waals surface area contributed by atoms with Crippen molar-refractivity contribution in [3.63, 3.8) is 0 Å². The number of carbonyl (C=O) groups is 4. The van der Waals surface area contributed by atoms with Crippen LogP contribution in [0.3, 0.4) is 0 Å². The second-order valence-electron chi connectivity index (χ2n) is 5.77. The molecule has 0 aromatic carbocycles. The van der Waals surface area contributed by atoms with Crippen molar-refractivity contribution < 1.29 is 33.4 Å². The normalized spacial score (nSPS) is 12.2. The summed E-state index contributed by atoms with van der Waals surface area (Å²) in [6.07, 6.45) is -0.491. The number of hydrogen-bond donors (Lipinski definition) is 0. The zero-order chi connectivity index (χ0) is 18.0. The standard InChI is InChI=1S/C16H26O7/c1-6-21-13(18)8-12(15(20)22-7-2)9-14(19)23-16(4,5)10-11(3)17/h12H,6-10H2,1-5H3. The van der Waals surface area contributed by atoms with Gasteiger partial charge in [-0.3, -0.25) is 19.2 Å². The predicted molar refractivity (Wildman–Crippen MR) is 81.5 cm³/mol. The zero-order valence-electron chi connectivity index (χ0n) is 14.5. The molecular formula is C16H26O7. The zero-order valence-corrected chi connectivity index (χ0v) is 14.5. The van der Waals surface area contributed by atoms with E-state index in [2.05, 4.69) is 0 Å². The van der Waals surface area contributed by atoms with Crippen molar-refractivity contribution in [2.24, 2.45) is 5.92 Å². The molecule has 0 rings (SSSR count). The minimum atomic E-state index is -0.966. The van der Waals surface area contributed by atoms with E-state index in [9.17, 15) is 19.2 Å². The third-order valence-corrected chi connectivity index (χ3v) is 2.82. The van der Waals surface area contributed by atoms with Gasteiger partial charge in [0, 0.05) is 6.42 Å². The summed E-state index contributed by atoms with van der Waals surface area (Å²) in [7, 11) is 0. The van der Waals surface area contributed by atoms with E-state index in [0.29, 0.717) is 0 Å². The Morgan fingerprint density at radius 2 is 1.43 bits per heavy atom. The maximum Gasteiger partial charge on any atom is 0.310 e. The van der Waals surface area contributed by atoms with Crippen molar-refractivity contribution in [2.75, 3.05) is 13.2 Å². The van der Waals surface area contributed by atoms with Crippen LogP contribution in [0, 0.1) is 5.92 Å². The fourth-order valence-electron chi connectivity index (χ4n) is 2.11. The molecule has 0 spiro atoms. The molecule has 0 aromatic rings. The van der Waals surface area contributed by atoms with Crippen molar-refractivity contribution in [1.29, 1.82) is 0 Å². The van der Waals surface area contributed by atoms with Crippen molar-refractivity contribution in [1.82, 2.24) is 0 Å². The van der Waals surface area contributed by atoms with E-state index in [4.69, 9.17) is 14.2 Å². The van der Waals surface area contributed by atoms with Crippen LogP contribution in [0.5, 0.6) is 0 Å². The first-order chi connectivity index (χ1) is 10.6. The fourth-order valence-corrected chi connectivity index (χ4v) is 2.11. The fraction of sp³-hybridized carbons (Fsp3) is 0.750. The lowest BCUT2D eigenvalue weighted by Crippen LogP contribution is -2.33. The smallest absolute Gasteiger partial charge is 0.310 e. The van der Waals surface area contributed by atoms with E-state index < -0.39 is 29.4 Å². The molecule has 0 aliphatic heterocycles. The Labute approximate surface area is 136 Å². The molecule has 7 heteroatoms. The van der Waals surface area contributed by atoms with Crippen LogP contribution in [-0.2, 0) is 33.4 Å². The van der Waals surface area contributed by atoms with Gasteiger partial charge in [0.25, 0.3) is 0 Å². The number of carbonyl (C=O) groups excluding carboxylic acids is 4. The monoisotopic (exact) mass is 330 g/mol. The van der Waals surface area contributed by atoms with Gasteiger partial charge in [0.1, 0.15) is 11.4 Å². The molecule has 0 amide bonds. The van der Waals surface area contributed by atoms with Crippen molar-refractivity contribution in [2.45, 2.75) is 59.5 Å². The van der Waals surface area contributed by atoms with Crippen LogP contribution in [0.4, 0.5) is 0 Å². The summed E-state index contributed by atoms with van der Waals surface area (Å²) in [4.78, 5) is 46.6. The van der Waals surface area contributed by atoms with Crippen molar-refractivity contribution >= 4 is 23.7 Å². The van der Waals surface area contributed by atoms with Gasteiger partial charge in [-0.2, -0.15) is 0 Å². The lowest BCUT2D eigenvalue weighted by atomic mass is 10.00. The average molecular weight is 330 g/mol. The molecule has 7 nitrogen and oxygen atoms in total. The molecule has 0 bridgehead atoms. The van der Waals surface area contributed by atoms with Crippen molar-refractivity contribution in [3.05, 3.63) is 0 Å². The molecule has 0 saturated carbocycles. The molecule has 23 heavy (non-hydrogen) atoms. The van der Waals surface area contributed by atoms with Crippen LogP contribution in [0.25, 0.3) is 0 Å². The molecule has 1 atom stereocenters. The summed E-state index contributed by atoms with van der Waals surface area (Å²) < 4.78 is 14.9. The molecule has 0 radical (unpaired) electrons. The Balaban J connectivity index is 4.79. The summed E-state index contributed by atoms with van der Waals surface area (Å²) in [5, 5.41) is 0. The van der Waals surface area contributed by atoms with Gasteiger partial charge in [0.2, 0.25) is 0 Å². The van der Waals surface area contributed by atoms with Gasteiger partial charge in [-0.05, 0) is 34.6 Å². The van der Waals surface area contributed by atoms with Crippen LogP contribution in [-0.4, -0.2) is 42.5 Å². The summed E-state index contributed by atoms with van der Waals surface area (Å²) in [5.41, 5.74) is -0.966. The molecule has 0 N–H and O–H groups in total. The number of ketones is 1. The largest absolute Gasteiger partial charge is 0.466 e. The third-order valence-electron chi connectivity index (χ3n) is 2.82. The van der Waals surface area contributed by atoms with Gasteiger partial charge in [-0.25, -0.2) is 0 Å². The number of rotatable bonds is 10. The van der Waals surface area contributed by atoms with Gasteiger partial charge in [-0.1, -0.05) is 0 Å². The first kappa shape index (κ1) is 21.1. The Hall–Kier alpha value is -1.92. The maximum absolute atomic E-state index is 12.0. The highest BCUT2D eigenvalue weighted by Crippen LogP contribution is 2.19. The van der Waals surface area contributed by atoms with E-state index >= 15 is 0 Å². The van der Waals surface area contributed by atoms with Crippen LogP contribution in [0.15, 0.2) is 0 Å². The maximum atomic E-state index is 12.0. The Bertz CT molecular complexity index is 440. The highest BCUT2D eigenvalue weighted by Gasteiger charge is 2.31. The number of esters is 3. The van der Waals surface area contributed by atoms with E-state index in [1.54, 1.807) is 27.7 Å². The van der Waals surface area contributed by atoms with Gasteiger partial charge < -0.3 is 14.2 Å². The first-order valence-electron chi connectivity index (χ1n) is 7.64. The predicted octanol–water partition coefficient (Wildman–Crippen LogP) is 1.81. The molecular weight excluding hydrogens is 304 g/mol. The summed E-state index contributed by atoms with van der Waals surface area (Å²) in [6, 6.07) is 0. The lowest BCUT2D eigenvalue weighted by molar-refractivity contribution is -0.165. The number of ether oxygens (including phenoxy) is 3. The second kappa shape index (κ2) is 9.97. The molecule has 1 unspecified atom stereocenters. The van der Waals surface area contributed by atoms with E-state index in [-0.39, 0.29) is 38.3 Å². The average Bonchev–Trinajstić information content (AvgIpc) is 2.35.